The van der Waals surface area contributed by atoms with Gasteiger partial charge in [0.15, 0.2) is 0 Å². The number of hydrogen-bond donors (Lipinski definition) is 1. The summed E-state index contributed by atoms with van der Waals surface area (Å²) in [6.45, 7) is 3.56. The van der Waals surface area contributed by atoms with E-state index in [4.69, 9.17) is 0 Å². The Morgan fingerprint density at radius 3 is 3.05 bits per heavy atom. The van der Waals surface area contributed by atoms with Gasteiger partial charge in [-0.2, -0.15) is 0 Å². The summed E-state index contributed by atoms with van der Waals surface area (Å²) in [5.74, 6) is 0.242. The average molecular weight is 301 g/mol. The highest BCUT2D eigenvalue weighted by Crippen LogP contribution is 2.27. The zero-order chi connectivity index (χ0) is 15.4. The lowest BCUT2D eigenvalue weighted by molar-refractivity contribution is -0.120. The van der Waals surface area contributed by atoms with E-state index in [1.54, 1.807) is 0 Å². The van der Waals surface area contributed by atoms with Crippen LogP contribution in [0.15, 0.2) is 24.3 Å². The van der Waals surface area contributed by atoms with E-state index in [2.05, 4.69) is 35.5 Å². The fourth-order valence-corrected chi connectivity index (χ4v) is 3.66. The summed E-state index contributed by atoms with van der Waals surface area (Å²) < 4.78 is 0. The number of benzene rings is 1. The molecular weight excluding hydrogens is 274 g/mol. The zero-order valence-corrected chi connectivity index (χ0v) is 13.6. The molecule has 1 fully saturated rings. The molecule has 1 saturated heterocycles. The molecule has 0 aromatic heterocycles. The van der Waals surface area contributed by atoms with E-state index >= 15 is 0 Å². The van der Waals surface area contributed by atoms with Crippen LogP contribution in [0.25, 0.3) is 0 Å². The molecule has 22 heavy (non-hydrogen) atoms. The second kappa shape index (κ2) is 7.25. The fraction of sp³-hybridized carbons (Fsp3) is 0.611. The molecule has 2 aliphatic heterocycles. The van der Waals surface area contributed by atoms with Crippen molar-refractivity contribution in [1.29, 1.82) is 0 Å². The van der Waals surface area contributed by atoms with Gasteiger partial charge < -0.3 is 10.2 Å². The van der Waals surface area contributed by atoms with Crippen LogP contribution in [0.3, 0.4) is 0 Å². The van der Waals surface area contributed by atoms with E-state index in [1.807, 2.05) is 11.0 Å². The second-order valence-corrected chi connectivity index (χ2v) is 6.53. The van der Waals surface area contributed by atoms with Crippen LogP contribution in [0.5, 0.6) is 0 Å². The smallest absolute Gasteiger partial charge is 0.241 e. The monoisotopic (exact) mass is 301 g/mol. The van der Waals surface area contributed by atoms with Crippen molar-refractivity contribution in [2.75, 3.05) is 38.1 Å². The maximum Gasteiger partial charge on any atom is 0.241 e. The molecule has 4 nitrogen and oxygen atoms in total. The Hall–Kier alpha value is -1.39. The van der Waals surface area contributed by atoms with Crippen LogP contribution >= 0.6 is 0 Å². The van der Waals surface area contributed by atoms with Crippen LogP contribution in [-0.2, 0) is 11.2 Å². The largest absolute Gasteiger partial charge is 0.317 e. The number of nitrogens with one attached hydrogen (secondary N) is 1. The lowest BCUT2D eigenvalue weighted by Crippen LogP contribution is -2.44. The first-order valence-electron chi connectivity index (χ1n) is 8.55. The number of carbonyl (C=O) groups excluding carboxylic acids is 1. The highest BCUT2D eigenvalue weighted by atomic mass is 16.2. The molecule has 4 heteroatoms. The molecule has 0 aliphatic carbocycles. The quantitative estimate of drug-likeness (QED) is 0.928. The number of anilines is 1. The standard InChI is InChI=1S/C18H27N3O/c1-20(16-8-4-11-19-12-10-16)14-18(22)21-13-5-7-15-6-2-3-9-17(15)21/h2-3,6,9,16,19H,4-5,7-8,10-14H2,1H3. The van der Waals surface area contributed by atoms with Crippen molar-refractivity contribution in [3.8, 4) is 0 Å². The lowest BCUT2D eigenvalue weighted by atomic mass is 10.0. The summed E-state index contributed by atoms with van der Waals surface area (Å²) in [5, 5.41) is 3.44. The molecule has 0 spiro atoms. The van der Waals surface area contributed by atoms with Gasteiger partial charge in [0.25, 0.3) is 0 Å². The number of amides is 1. The third-order valence-electron chi connectivity index (χ3n) is 4.96. The van der Waals surface area contributed by atoms with Crippen LogP contribution in [0.4, 0.5) is 5.69 Å². The zero-order valence-electron chi connectivity index (χ0n) is 13.6. The number of para-hydroxylation sites is 1. The van der Waals surface area contributed by atoms with E-state index in [0.717, 1.165) is 44.6 Å². The van der Waals surface area contributed by atoms with Crippen LogP contribution in [-0.4, -0.2) is 50.1 Å². The molecule has 1 aromatic carbocycles. The average Bonchev–Trinajstić information content (AvgIpc) is 2.83. The molecule has 3 rings (SSSR count). The first-order valence-corrected chi connectivity index (χ1v) is 8.55. The van der Waals surface area contributed by atoms with Crippen molar-refractivity contribution in [2.24, 2.45) is 0 Å². The molecule has 1 aromatic rings. The summed E-state index contributed by atoms with van der Waals surface area (Å²) in [5.41, 5.74) is 2.43. The Labute approximate surface area is 133 Å². The number of nitrogens with zero attached hydrogens (tertiary/aromatic N) is 2. The molecule has 0 radical (unpaired) electrons. The van der Waals surface area contributed by atoms with E-state index in [0.29, 0.717) is 12.6 Å². The van der Waals surface area contributed by atoms with Crippen molar-refractivity contribution >= 4 is 11.6 Å². The van der Waals surface area contributed by atoms with Gasteiger partial charge in [-0.3, -0.25) is 9.69 Å². The SMILES string of the molecule is CN(CC(=O)N1CCCc2ccccc21)C1CCCNCC1. The Bertz CT molecular complexity index is 509. The maximum absolute atomic E-state index is 12.8. The summed E-state index contributed by atoms with van der Waals surface area (Å²) in [7, 11) is 2.10. The van der Waals surface area contributed by atoms with Crippen molar-refractivity contribution < 1.29 is 4.79 Å². The summed E-state index contributed by atoms with van der Waals surface area (Å²) in [6, 6.07) is 8.86. The van der Waals surface area contributed by atoms with E-state index in [-0.39, 0.29) is 5.91 Å². The van der Waals surface area contributed by atoms with Gasteiger partial charge in [-0.15, -0.1) is 0 Å². The van der Waals surface area contributed by atoms with Crippen LogP contribution < -0.4 is 10.2 Å². The number of carbonyl (C=O) groups is 1. The topological polar surface area (TPSA) is 35.6 Å². The van der Waals surface area contributed by atoms with E-state index < -0.39 is 0 Å². The highest BCUT2D eigenvalue weighted by molar-refractivity contribution is 5.95. The van der Waals surface area contributed by atoms with Crippen molar-refractivity contribution in [3.05, 3.63) is 29.8 Å². The lowest BCUT2D eigenvalue weighted by Gasteiger charge is -2.33. The van der Waals surface area contributed by atoms with Crippen LogP contribution in [0, 0.1) is 0 Å². The normalized spacial score (nSPS) is 22.3. The van der Waals surface area contributed by atoms with Gasteiger partial charge in [0.05, 0.1) is 6.54 Å². The predicted molar refractivity (Wildman–Crippen MR) is 90.3 cm³/mol. The summed E-state index contributed by atoms with van der Waals surface area (Å²) in [4.78, 5) is 17.0. The number of rotatable bonds is 3. The van der Waals surface area contributed by atoms with E-state index in [1.165, 1.54) is 18.4 Å². The van der Waals surface area contributed by atoms with Gasteiger partial charge in [-0.05, 0) is 63.9 Å². The first kappa shape index (κ1) is 15.5. The molecule has 1 N–H and O–H groups in total. The van der Waals surface area contributed by atoms with Crippen LogP contribution in [0.2, 0.25) is 0 Å². The molecule has 2 aliphatic rings. The Balaban J connectivity index is 1.64. The van der Waals surface area contributed by atoms with Crippen molar-refractivity contribution in [3.63, 3.8) is 0 Å². The molecule has 120 valence electrons. The maximum atomic E-state index is 12.8. The third-order valence-corrected chi connectivity index (χ3v) is 4.96. The van der Waals surface area contributed by atoms with Crippen LogP contribution in [0.1, 0.15) is 31.2 Å². The minimum Gasteiger partial charge on any atom is -0.317 e. The Morgan fingerprint density at radius 1 is 1.27 bits per heavy atom. The van der Waals surface area contributed by atoms with Gasteiger partial charge in [0.1, 0.15) is 0 Å². The minimum atomic E-state index is 0.242. The molecule has 0 bridgehead atoms. The molecule has 1 unspecified atom stereocenters. The van der Waals surface area contributed by atoms with Gasteiger partial charge in [0.2, 0.25) is 5.91 Å². The Kier molecular flexibility index (Phi) is 5.11. The first-order chi connectivity index (χ1) is 10.8. The molecule has 2 heterocycles. The highest BCUT2D eigenvalue weighted by Gasteiger charge is 2.25. The van der Waals surface area contributed by atoms with Gasteiger partial charge >= 0.3 is 0 Å². The molecule has 1 atom stereocenters. The van der Waals surface area contributed by atoms with E-state index in [9.17, 15) is 4.79 Å². The van der Waals surface area contributed by atoms with Crippen molar-refractivity contribution in [2.45, 2.75) is 38.1 Å². The van der Waals surface area contributed by atoms with Crippen molar-refractivity contribution in [1.82, 2.24) is 10.2 Å². The predicted octanol–water partition coefficient (Wildman–Crippen LogP) is 2.04. The second-order valence-electron chi connectivity index (χ2n) is 6.53. The van der Waals surface area contributed by atoms with Gasteiger partial charge in [0, 0.05) is 18.3 Å². The minimum absolute atomic E-state index is 0.242. The number of hydrogen-bond acceptors (Lipinski definition) is 3. The molecule has 1 amide bonds. The summed E-state index contributed by atoms with van der Waals surface area (Å²) in [6.07, 6.45) is 5.69. The van der Waals surface area contributed by atoms with Gasteiger partial charge in [-0.25, -0.2) is 0 Å². The number of fused-ring (bicyclic) bond motifs is 1. The fourth-order valence-electron chi connectivity index (χ4n) is 3.66. The number of aryl methyl sites for hydroxylation is 1. The summed E-state index contributed by atoms with van der Waals surface area (Å²) >= 11 is 0. The number of likely N-dealkylation sites (N-methyl/N-ethyl adjacent to an activating group) is 1. The third kappa shape index (κ3) is 3.50. The molecule has 0 saturated carbocycles. The molecular formula is C18H27N3O. The Morgan fingerprint density at radius 2 is 2.14 bits per heavy atom. The van der Waals surface area contributed by atoms with Gasteiger partial charge in [-0.1, -0.05) is 18.2 Å².